The zero-order valence-corrected chi connectivity index (χ0v) is 16.0. The molecule has 0 bridgehead atoms. The number of ether oxygens (including phenoxy) is 2. The van der Waals surface area contributed by atoms with Gasteiger partial charge in [0.2, 0.25) is 5.79 Å². The van der Waals surface area contributed by atoms with Crippen LogP contribution in [0.5, 0.6) is 0 Å². The molecule has 25 heavy (non-hydrogen) atoms. The number of carbonyl (C=O) groups is 2. The van der Waals surface area contributed by atoms with Gasteiger partial charge in [0.05, 0.1) is 0 Å². The Bertz CT molecular complexity index is 453. The molecule has 2 atom stereocenters. The lowest BCUT2D eigenvalue weighted by Gasteiger charge is -2.26. The van der Waals surface area contributed by atoms with Gasteiger partial charge in [0.25, 0.3) is 0 Å². The van der Waals surface area contributed by atoms with Crippen molar-refractivity contribution in [1.82, 2.24) is 0 Å². The Morgan fingerprint density at radius 1 is 1.12 bits per heavy atom. The molecule has 0 aromatic rings. The lowest BCUT2D eigenvalue weighted by Crippen LogP contribution is -2.35. The van der Waals surface area contributed by atoms with E-state index in [4.69, 9.17) is 9.47 Å². The number of hydrogen-bond donors (Lipinski definition) is 1. The zero-order chi connectivity index (χ0) is 18.7. The van der Waals surface area contributed by atoms with Crippen LogP contribution in [0.1, 0.15) is 91.4 Å². The van der Waals surface area contributed by atoms with Gasteiger partial charge in [-0.3, -0.25) is 4.79 Å². The second-order valence-corrected chi connectivity index (χ2v) is 7.07. The summed E-state index contributed by atoms with van der Waals surface area (Å²) in [6.07, 6.45) is 13.4. The number of aliphatic hydroxyl groups is 1. The van der Waals surface area contributed by atoms with Crippen molar-refractivity contribution in [3.05, 3.63) is 11.6 Å². The summed E-state index contributed by atoms with van der Waals surface area (Å²) >= 11 is 0. The first-order chi connectivity index (χ1) is 11.9. The molecule has 0 amide bonds. The second-order valence-electron chi connectivity index (χ2n) is 7.07. The van der Waals surface area contributed by atoms with Gasteiger partial charge in [-0.1, -0.05) is 64.7 Å². The van der Waals surface area contributed by atoms with Crippen LogP contribution in [-0.2, 0) is 19.1 Å². The van der Waals surface area contributed by atoms with E-state index < -0.39 is 23.8 Å². The van der Waals surface area contributed by atoms with Crippen molar-refractivity contribution in [3.8, 4) is 0 Å². The van der Waals surface area contributed by atoms with Crippen molar-refractivity contribution in [2.75, 3.05) is 0 Å². The van der Waals surface area contributed by atoms with Gasteiger partial charge < -0.3 is 14.6 Å². The summed E-state index contributed by atoms with van der Waals surface area (Å²) in [5.41, 5.74) is 0.337. The zero-order valence-electron chi connectivity index (χ0n) is 16.0. The first-order valence-corrected chi connectivity index (χ1v) is 9.71. The van der Waals surface area contributed by atoms with Crippen LogP contribution in [0.2, 0.25) is 0 Å². The van der Waals surface area contributed by atoms with Crippen LogP contribution in [0.15, 0.2) is 11.6 Å². The third kappa shape index (κ3) is 8.52. The van der Waals surface area contributed by atoms with Crippen molar-refractivity contribution in [2.45, 2.75) is 103 Å². The summed E-state index contributed by atoms with van der Waals surface area (Å²) in [4.78, 5) is 22.7. The fourth-order valence-electron chi connectivity index (χ4n) is 3.23. The summed E-state index contributed by atoms with van der Waals surface area (Å²) in [6, 6.07) is 0. The minimum absolute atomic E-state index is 0.337. The van der Waals surface area contributed by atoms with E-state index in [0.717, 1.165) is 19.3 Å². The molecule has 1 N–H and O–H groups in total. The average molecular weight is 354 g/mol. The third-order valence-corrected chi connectivity index (χ3v) is 4.58. The average Bonchev–Trinajstić information content (AvgIpc) is 2.80. The normalized spacial score (nSPS) is 21.0. The fraction of sp³-hybridized carbons (Fsp3) is 0.800. The molecule has 5 heteroatoms. The molecule has 0 saturated carbocycles. The Hall–Kier alpha value is -1.36. The Morgan fingerprint density at radius 3 is 2.08 bits per heavy atom. The Morgan fingerprint density at radius 2 is 1.64 bits per heavy atom. The van der Waals surface area contributed by atoms with Crippen LogP contribution < -0.4 is 0 Å². The highest BCUT2D eigenvalue weighted by atomic mass is 16.7. The monoisotopic (exact) mass is 354 g/mol. The van der Waals surface area contributed by atoms with Crippen LogP contribution in [0.3, 0.4) is 0 Å². The maximum absolute atomic E-state index is 11.4. The van der Waals surface area contributed by atoms with Crippen LogP contribution in [0.4, 0.5) is 0 Å². The summed E-state index contributed by atoms with van der Waals surface area (Å²) in [5, 5.41) is 10.2. The van der Waals surface area contributed by atoms with Crippen LogP contribution in [0.25, 0.3) is 0 Å². The SMILES string of the molecule is CCCCCCCCCCCCC(OC(C)=O)C1=CC(=O)OC1(C)O. The van der Waals surface area contributed by atoms with Crippen molar-refractivity contribution in [1.29, 1.82) is 0 Å². The van der Waals surface area contributed by atoms with Gasteiger partial charge >= 0.3 is 11.9 Å². The molecule has 144 valence electrons. The van der Waals surface area contributed by atoms with Crippen molar-refractivity contribution < 1.29 is 24.2 Å². The van der Waals surface area contributed by atoms with Gasteiger partial charge in [-0.05, 0) is 12.8 Å². The molecule has 0 radical (unpaired) electrons. The molecule has 1 heterocycles. The van der Waals surface area contributed by atoms with E-state index in [1.165, 1.54) is 64.9 Å². The topological polar surface area (TPSA) is 72.8 Å². The molecule has 1 aliphatic heterocycles. The lowest BCUT2D eigenvalue weighted by molar-refractivity contribution is -0.179. The maximum Gasteiger partial charge on any atom is 0.333 e. The van der Waals surface area contributed by atoms with Crippen LogP contribution in [0, 0.1) is 0 Å². The van der Waals surface area contributed by atoms with E-state index in [1.807, 2.05) is 0 Å². The van der Waals surface area contributed by atoms with E-state index in [1.54, 1.807) is 0 Å². The maximum atomic E-state index is 11.4. The van der Waals surface area contributed by atoms with Crippen molar-refractivity contribution >= 4 is 11.9 Å². The van der Waals surface area contributed by atoms with E-state index in [0.29, 0.717) is 12.0 Å². The second kappa shape index (κ2) is 11.3. The summed E-state index contributed by atoms with van der Waals surface area (Å²) in [6.45, 7) is 4.96. The Kier molecular flexibility index (Phi) is 9.79. The molecule has 1 rings (SSSR count). The van der Waals surface area contributed by atoms with Crippen LogP contribution >= 0.6 is 0 Å². The van der Waals surface area contributed by atoms with Gasteiger partial charge in [0.1, 0.15) is 6.10 Å². The standard InChI is InChI=1S/C20H34O5/c1-4-5-6-7-8-9-10-11-12-13-14-18(24-16(2)21)17-15-19(22)25-20(17,3)23/h15,18,23H,4-14H2,1-3H3. The van der Waals surface area contributed by atoms with Crippen molar-refractivity contribution in [3.63, 3.8) is 0 Å². The van der Waals surface area contributed by atoms with E-state index in [-0.39, 0.29) is 0 Å². The first-order valence-electron chi connectivity index (χ1n) is 9.71. The highest BCUT2D eigenvalue weighted by Gasteiger charge is 2.41. The summed E-state index contributed by atoms with van der Waals surface area (Å²) in [7, 11) is 0. The smallest absolute Gasteiger partial charge is 0.333 e. The number of unbranched alkanes of at least 4 members (excludes halogenated alkanes) is 9. The van der Waals surface area contributed by atoms with Gasteiger partial charge in [-0.15, -0.1) is 0 Å². The third-order valence-electron chi connectivity index (χ3n) is 4.58. The predicted molar refractivity (Wildman–Crippen MR) is 96.8 cm³/mol. The minimum Gasteiger partial charge on any atom is -0.458 e. The number of cyclic esters (lactones) is 1. The highest BCUT2D eigenvalue weighted by Crippen LogP contribution is 2.31. The fourth-order valence-corrected chi connectivity index (χ4v) is 3.23. The molecule has 1 aliphatic rings. The number of hydrogen-bond acceptors (Lipinski definition) is 5. The van der Waals surface area contributed by atoms with Crippen LogP contribution in [-0.4, -0.2) is 28.9 Å². The summed E-state index contributed by atoms with van der Waals surface area (Å²) in [5.74, 6) is -2.70. The Labute approximate surface area is 151 Å². The molecule has 0 aromatic carbocycles. The molecular weight excluding hydrogens is 320 g/mol. The van der Waals surface area contributed by atoms with Gasteiger partial charge in [-0.25, -0.2) is 4.79 Å². The number of rotatable bonds is 13. The van der Waals surface area contributed by atoms with E-state index >= 15 is 0 Å². The minimum atomic E-state index is -1.68. The predicted octanol–water partition coefficient (Wildman–Crippen LogP) is 4.42. The van der Waals surface area contributed by atoms with Crippen molar-refractivity contribution in [2.24, 2.45) is 0 Å². The molecule has 0 aromatic heterocycles. The first kappa shape index (κ1) is 21.7. The molecule has 0 spiro atoms. The van der Waals surface area contributed by atoms with E-state index in [9.17, 15) is 14.7 Å². The highest BCUT2D eigenvalue weighted by molar-refractivity contribution is 5.86. The molecule has 0 saturated heterocycles. The molecule has 5 nitrogen and oxygen atoms in total. The molecule has 2 unspecified atom stereocenters. The number of esters is 2. The number of carbonyl (C=O) groups excluding carboxylic acids is 2. The lowest BCUT2D eigenvalue weighted by atomic mass is 9.97. The quantitative estimate of drug-likeness (QED) is 0.391. The molecule has 0 fully saturated rings. The molecule has 0 aliphatic carbocycles. The largest absolute Gasteiger partial charge is 0.458 e. The summed E-state index contributed by atoms with van der Waals surface area (Å²) < 4.78 is 10.2. The van der Waals surface area contributed by atoms with E-state index in [2.05, 4.69) is 6.92 Å². The van der Waals surface area contributed by atoms with Gasteiger partial charge in [0, 0.05) is 25.5 Å². The Balaban J connectivity index is 2.27. The molecular formula is C20H34O5. The van der Waals surface area contributed by atoms with Gasteiger partial charge in [-0.2, -0.15) is 0 Å². The van der Waals surface area contributed by atoms with Gasteiger partial charge in [0.15, 0.2) is 0 Å².